The number of H-pyrrole nitrogens is 1. The number of fused-ring (bicyclic) bond motifs is 1. The topological polar surface area (TPSA) is 74.4 Å². The van der Waals surface area contributed by atoms with Crippen molar-refractivity contribution in [2.75, 3.05) is 31.1 Å². The fraction of sp³-hybridized carbons (Fsp3) is 0.367. The van der Waals surface area contributed by atoms with Crippen molar-refractivity contribution < 1.29 is 9.53 Å². The Morgan fingerprint density at radius 3 is 2.19 bits per heavy atom. The first kappa shape index (κ1) is 24.8. The van der Waals surface area contributed by atoms with Crippen LogP contribution < -0.4 is 4.90 Å². The van der Waals surface area contributed by atoms with Gasteiger partial charge in [-0.2, -0.15) is 0 Å². The summed E-state index contributed by atoms with van der Waals surface area (Å²) in [4.78, 5) is 29.2. The number of aryl methyl sites for hydroxylation is 3. The number of hydrogen-bond acceptors (Lipinski definition) is 5. The number of pyridine rings is 2. The van der Waals surface area contributed by atoms with Gasteiger partial charge in [-0.05, 0) is 83.0 Å². The van der Waals surface area contributed by atoms with Crippen LogP contribution in [0.15, 0.2) is 48.7 Å². The monoisotopic (exact) mass is 497 g/mol. The van der Waals surface area contributed by atoms with E-state index in [4.69, 9.17) is 9.72 Å². The molecular weight excluding hydrogens is 462 g/mol. The lowest BCUT2D eigenvalue weighted by molar-refractivity contribution is 0.0240. The molecule has 0 radical (unpaired) electrons. The molecule has 4 aromatic rings. The fourth-order valence-corrected chi connectivity index (χ4v) is 4.97. The SMILES string of the molecule is Cc1cc(-c2[nH]c3cc(-c4ccc(N5CCN(C(=O)OC(C)(C)C)CC5)nc4)ccc3c2C)cc(C)n1. The molecule has 3 aromatic heterocycles. The lowest BCUT2D eigenvalue weighted by Gasteiger charge is -2.36. The van der Waals surface area contributed by atoms with Gasteiger partial charge in [0.15, 0.2) is 0 Å². The molecule has 0 saturated carbocycles. The quantitative estimate of drug-likeness (QED) is 0.361. The van der Waals surface area contributed by atoms with E-state index in [1.165, 1.54) is 10.9 Å². The van der Waals surface area contributed by atoms with E-state index >= 15 is 0 Å². The summed E-state index contributed by atoms with van der Waals surface area (Å²) in [6.07, 6.45) is 1.69. The van der Waals surface area contributed by atoms with Gasteiger partial charge in [-0.1, -0.05) is 12.1 Å². The lowest BCUT2D eigenvalue weighted by atomic mass is 10.0. The smallest absolute Gasteiger partial charge is 0.410 e. The maximum absolute atomic E-state index is 12.3. The minimum Gasteiger partial charge on any atom is -0.444 e. The second-order valence-corrected chi connectivity index (χ2v) is 10.9. The van der Waals surface area contributed by atoms with Crippen molar-refractivity contribution in [2.45, 2.75) is 47.1 Å². The number of piperazine rings is 1. The number of nitrogens with zero attached hydrogens (tertiary/aromatic N) is 4. The summed E-state index contributed by atoms with van der Waals surface area (Å²) >= 11 is 0. The van der Waals surface area contributed by atoms with Gasteiger partial charge in [0.2, 0.25) is 0 Å². The molecule has 192 valence electrons. The summed E-state index contributed by atoms with van der Waals surface area (Å²) in [7, 11) is 0. The van der Waals surface area contributed by atoms with Crippen LogP contribution in [0.5, 0.6) is 0 Å². The number of ether oxygens (including phenoxy) is 1. The summed E-state index contributed by atoms with van der Waals surface area (Å²) in [5.74, 6) is 0.926. The average molecular weight is 498 g/mol. The third-order valence-corrected chi connectivity index (χ3v) is 6.76. The molecule has 1 amide bonds. The molecule has 1 aliphatic heterocycles. The molecule has 1 aliphatic rings. The van der Waals surface area contributed by atoms with Gasteiger partial charge in [-0.3, -0.25) is 4.98 Å². The van der Waals surface area contributed by atoms with Gasteiger partial charge in [0.05, 0.1) is 0 Å². The number of anilines is 1. The Balaban J connectivity index is 1.31. The van der Waals surface area contributed by atoms with Gasteiger partial charge in [-0.25, -0.2) is 9.78 Å². The van der Waals surface area contributed by atoms with Gasteiger partial charge < -0.3 is 19.5 Å². The second-order valence-electron chi connectivity index (χ2n) is 10.9. The first-order chi connectivity index (χ1) is 17.6. The molecule has 0 aliphatic carbocycles. The van der Waals surface area contributed by atoms with Crippen molar-refractivity contribution in [1.29, 1.82) is 0 Å². The van der Waals surface area contributed by atoms with Crippen molar-refractivity contribution in [3.8, 4) is 22.4 Å². The molecule has 0 atom stereocenters. The van der Waals surface area contributed by atoms with Crippen LogP contribution in [0.1, 0.15) is 37.7 Å². The van der Waals surface area contributed by atoms with Crippen LogP contribution in [-0.2, 0) is 4.74 Å². The molecule has 1 saturated heterocycles. The third-order valence-electron chi connectivity index (χ3n) is 6.76. The van der Waals surface area contributed by atoms with Crippen molar-refractivity contribution >= 4 is 22.8 Å². The summed E-state index contributed by atoms with van der Waals surface area (Å²) in [5, 5.41) is 1.22. The van der Waals surface area contributed by atoms with Gasteiger partial charge in [0.1, 0.15) is 11.4 Å². The molecule has 0 bridgehead atoms. The van der Waals surface area contributed by atoms with E-state index in [-0.39, 0.29) is 6.09 Å². The first-order valence-corrected chi connectivity index (χ1v) is 12.8. The number of carbonyl (C=O) groups is 1. The Kier molecular flexibility index (Phi) is 6.40. The number of hydrogen-bond donors (Lipinski definition) is 1. The molecule has 1 N–H and O–H groups in total. The molecule has 1 aromatic carbocycles. The standard InChI is InChI=1S/C30H35N5O2/c1-19-15-24(16-20(2)32-19)28-21(3)25-9-7-22(17-26(25)33-28)23-8-10-27(31-18-23)34-11-13-35(14-12-34)29(36)37-30(4,5)6/h7-10,15-18,33H,11-14H2,1-6H3. The average Bonchev–Trinajstić information content (AvgIpc) is 3.18. The highest BCUT2D eigenvalue weighted by Gasteiger charge is 2.26. The second kappa shape index (κ2) is 9.54. The van der Waals surface area contributed by atoms with Gasteiger partial charge in [-0.15, -0.1) is 0 Å². The van der Waals surface area contributed by atoms with Crippen LogP contribution in [0.3, 0.4) is 0 Å². The number of amides is 1. The van der Waals surface area contributed by atoms with E-state index in [2.05, 4.69) is 64.3 Å². The number of nitrogens with one attached hydrogen (secondary N) is 1. The van der Waals surface area contributed by atoms with E-state index in [9.17, 15) is 4.79 Å². The Bertz CT molecular complexity index is 1420. The maximum Gasteiger partial charge on any atom is 0.410 e. The van der Waals surface area contributed by atoms with E-state index in [1.807, 2.05) is 40.8 Å². The van der Waals surface area contributed by atoms with Crippen LogP contribution in [0.25, 0.3) is 33.3 Å². The Morgan fingerprint density at radius 2 is 1.57 bits per heavy atom. The predicted octanol–water partition coefficient (Wildman–Crippen LogP) is 6.27. The summed E-state index contributed by atoms with van der Waals surface area (Å²) < 4.78 is 5.51. The van der Waals surface area contributed by atoms with Gasteiger partial charge in [0.25, 0.3) is 0 Å². The molecule has 0 spiro atoms. The zero-order chi connectivity index (χ0) is 26.3. The number of carbonyl (C=O) groups excluding carboxylic acids is 1. The predicted molar refractivity (Wildman–Crippen MR) is 149 cm³/mol. The minimum absolute atomic E-state index is 0.247. The van der Waals surface area contributed by atoms with Crippen LogP contribution in [0.2, 0.25) is 0 Å². The highest BCUT2D eigenvalue weighted by Crippen LogP contribution is 2.33. The highest BCUT2D eigenvalue weighted by atomic mass is 16.6. The van der Waals surface area contributed by atoms with E-state index < -0.39 is 5.60 Å². The van der Waals surface area contributed by atoms with Gasteiger partial charge >= 0.3 is 6.09 Å². The van der Waals surface area contributed by atoms with E-state index in [1.54, 1.807) is 4.90 Å². The Morgan fingerprint density at radius 1 is 0.892 bits per heavy atom. The van der Waals surface area contributed by atoms with Crippen LogP contribution in [0, 0.1) is 20.8 Å². The molecule has 4 heterocycles. The van der Waals surface area contributed by atoms with Crippen molar-refractivity contribution in [2.24, 2.45) is 0 Å². The fourth-order valence-electron chi connectivity index (χ4n) is 4.97. The molecule has 0 unspecified atom stereocenters. The zero-order valence-corrected chi connectivity index (χ0v) is 22.6. The molecule has 37 heavy (non-hydrogen) atoms. The molecule has 5 rings (SSSR count). The largest absolute Gasteiger partial charge is 0.444 e. The number of benzene rings is 1. The first-order valence-electron chi connectivity index (χ1n) is 12.8. The van der Waals surface area contributed by atoms with E-state index in [0.29, 0.717) is 13.1 Å². The minimum atomic E-state index is -0.480. The van der Waals surface area contributed by atoms with Gasteiger partial charge in [0, 0.05) is 71.5 Å². The molecular formula is C30H35N5O2. The van der Waals surface area contributed by atoms with Crippen molar-refractivity contribution in [3.63, 3.8) is 0 Å². The number of rotatable bonds is 3. The summed E-state index contributed by atoms with van der Waals surface area (Å²) in [5.41, 5.74) is 8.41. The number of aromatic nitrogens is 3. The molecule has 7 heteroatoms. The summed E-state index contributed by atoms with van der Waals surface area (Å²) in [6, 6.07) is 15.0. The molecule has 1 fully saturated rings. The lowest BCUT2D eigenvalue weighted by Crippen LogP contribution is -2.50. The van der Waals surface area contributed by atoms with E-state index in [0.717, 1.165) is 58.2 Å². The third kappa shape index (κ3) is 5.31. The highest BCUT2D eigenvalue weighted by molar-refractivity contribution is 5.93. The van der Waals surface area contributed by atoms with Crippen LogP contribution in [0.4, 0.5) is 10.6 Å². The maximum atomic E-state index is 12.3. The number of aromatic amines is 1. The molecule has 7 nitrogen and oxygen atoms in total. The Hall–Kier alpha value is -3.87. The Labute approximate surface area is 218 Å². The zero-order valence-electron chi connectivity index (χ0n) is 22.6. The van der Waals surface area contributed by atoms with Crippen LogP contribution in [-0.4, -0.2) is 57.7 Å². The van der Waals surface area contributed by atoms with Crippen LogP contribution >= 0.6 is 0 Å². The van der Waals surface area contributed by atoms with Crippen molar-refractivity contribution in [1.82, 2.24) is 19.9 Å². The van der Waals surface area contributed by atoms with Crippen molar-refractivity contribution in [3.05, 3.63) is 65.6 Å². The normalized spacial score (nSPS) is 14.3. The summed E-state index contributed by atoms with van der Waals surface area (Å²) in [6.45, 7) is 14.6.